The first-order valence-electron chi connectivity index (χ1n) is 11.6. The van der Waals surface area contributed by atoms with Crippen LogP contribution in [0, 0.1) is 0 Å². The predicted octanol–water partition coefficient (Wildman–Crippen LogP) is 4.51. The molecule has 0 saturated carbocycles. The lowest BCUT2D eigenvalue weighted by atomic mass is 9.98. The van der Waals surface area contributed by atoms with Crippen LogP contribution < -0.4 is 11.4 Å². The van der Waals surface area contributed by atoms with E-state index in [2.05, 4.69) is 5.10 Å². The van der Waals surface area contributed by atoms with Gasteiger partial charge in [0.25, 0.3) is 5.56 Å². The number of aromatic nitrogens is 2. The van der Waals surface area contributed by atoms with Crippen LogP contribution in [-0.2, 0) is 12.8 Å². The number of ketones is 1. The smallest absolute Gasteiger partial charge is 0.336 e. The quantitative estimate of drug-likeness (QED) is 0.267. The second kappa shape index (κ2) is 11.6. The monoisotopic (exact) mass is 491 g/mol. The molecule has 0 aliphatic heterocycles. The molecular weight excluding hydrogens is 466 g/mol. The lowest BCUT2D eigenvalue weighted by Gasteiger charge is -2.07. The molecule has 0 radical (unpaired) electrons. The van der Waals surface area contributed by atoms with Crippen molar-refractivity contribution in [2.24, 2.45) is 0 Å². The number of nitrogens with two attached hydrogens (primary N) is 1. The molecule has 5 rings (SSSR count). The Morgan fingerprint density at radius 3 is 1.84 bits per heavy atom. The molecule has 1 heterocycles. The summed E-state index contributed by atoms with van der Waals surface area (Å²) in [5.41, 5.74) is 2.87. The molecule has 5 aromatic rings. The Hall–Kier alpha value is -5.04. The standard InChI is InChI=1S/C15H13N3O.C15H12O3/c16-18-15(19)13-9-5-4-8-12(13)14(17-18)10-11-6-2-1-3-7-11;16-14(10-11-6-2-1-3-7-11)12-8-4-5-9-13(12)15(17)18/h1-9H,10,16H2;1-9H,10H2,(H,17,18). The normalized spacial score (nSPS) is 10.4. The van der Waals surface area contributed by atoms with Gasteiger partial charge in [-0.2, -0.15) is 5.10 Å². The fraction of sp³-hybridized carbons (Fsp3) is 0.0667. The van der Waals surface area contributed by atoms with Crippen molar-refractivity contribution >= 4 is 22.5 Å². The molecule has 0 amide bonds. The topological polar surface area (TPSA) is 115 Å². The molecular formula is C30H25N3O4. The van der Waals surface area contributed by atoms with E-state index in [9.17, 15) is 14.4 Å². The number of carboxylic acid groups (broad SMARTS) is 1. The van der Waals surface area contributed by atoms with E-state index in [0.717, 1.165) is 27.0 Å². The van der Waals surface area contributed by atoms with Crippen molar-refractivity contribution in [1.82, 2.24) is 9.89 Å². The number of hydrogen-bond acceptors (Lipinski definition) is 5. The molecule has 0 atom stereocenters. The van der Waals surface area contributed by atoms with Crippen LogP contribution in [-0.4, -0.2) is 26.7 Å². The van der Waals surface area contributed by atoms with Gasteiger partial charge in [0.2, 0.25) is 0 Å². The molecule has 0 aliphatic carbocycles. The summed E-state index contributed by atoms with van der Waals surface area (Å²) in [4.78, 5) is 35.9. The molecule has 0 fully saturated rings. The van der Waals surface area contributed by atoms with Crippen LogP contribution in [0.3, 0.4) is 0 Å². The van der Waals surface area contributed by atoms with E-state index in [1.54, 1.807) is 24.3 Å². The van der Waals surface area contributed by atoms with Gasteiger partial charge in [-0.1, -0.05) is 97.1 Å². The average molecular weight is 492 g/mol. The Morgan fingerprint density at radius 1 is 0.703 bits per heavy atom. The molecule has 7 heteroatoms. The molecule has 4 aromatic carbocycles. The van der Waals surface area contributed by atoms with Gasteiger partial charge in [0.15, 0.2) is 5.78 Å². The number of hydrogen-bond donors (Lipinski definition) is 2. The maximum absolute atomic E-state index is 12.1. The van der Waals surface area contributed by atoms with Gasteiger partial charge < -0.3 is 10.9 Å². The predicted molar refractivity (Wildman–Crippen MR) is 143 cm³/mol. The summed E-state index contributed by atoms with van der Waals surface area (Å²) in [5, 5.41) is 14.7. The lowest BCUT2D eigenvalue weighted by Crippen LogP contribution is -2.31. The summed E-state index contributed by atoms with van der Waals surface area (Å²) < 4.78 is 0. The molecule has 3 N–H and O–H groups in total. The molecule has 37 heavy (non-hydrogen) atoms. The molecule has 0 saturated heterocycles. The minimum absolute atomic E-state index is 0.0541. The van der Waals surface area contributed by atoms with Crippen molar-refractivity contribution in [3.8, 4) is 0 Å². The third kappa shape index (κ3) is 6.15. The highest BCUT2D eigenvalue weighted by atomic mass is 16.4. The SMILES string of the molecule is Nn1nc(Cc2ccccc2)c2ccccc2c1=O.O=C(O)c1ccccc1C(=O)Cc1ccccc1. The van der Waals surface area contributed by atoms with Crippen LogP contribution in [0.15, 0.2) is 114 Å². The van der Waals surface area contributed by atoms with Gasteiger partial charge >= 0.3 is 5.97 Å². The number of rotatable bonds is 6. The van der Waals surface area contributed by atoms with Crippen molar-refractivity contribution in [2.45, 2.75) is 12.8 Å². The Bertz CT molecular complexity index is 1600. The van der Waals surface area contributed by atoms with E-state index in [1.165, 1.54) is 6.07 Å². The zero-order valence-electron chi connectivity index (χ0n) is 20.0. The summed E-state index contributed by atoms with van der Waals surface area (Å²) in [7, 11) is 0. The van der Waals surface area contributed by atoms with Gasteiger partial charge in [-0.25, -0.2) is 4.79 Å². The number of benzene rings is 4. The molecule has 0 bridgehead atoms. The van der Waals surface area contributed by atoms with E-state index in [1.807, 2.05) is 78.9 Å². The van der Waals surface area contributed by atoms with E-state index >= 15 is 0 Å². The second-order valence-corrected chi connectivity index (χ2v) is 8.34. The fourth-order valence-electron chi connectivity index (χ4n) is 3.98. The van der Waals surface area contributed by atoms with Crippen LogP contribution in [0.4, 0.5) is 0 Å². The molecule has 7 nitrogen and oxygen atoms in total. The zero-order valence-corrected chi connectivity index (χ0v) is 20.0. The Kier molecular flexibility index (Phi) is 7.85. The van der Waals surface area contributed by atoms with Gasteiger partial charge in [-0.15, -0.1) is 4.79 Å². The summed E-state index contributed by atoms with van der Waals surface area (Å²) in [6.07, 6.45) is 0.865. The van der Waals surface area contributed by atoms with Crippen molar-refractivity contribution in [3.63, 3.8) is 0 Å². The number of fused-ring (bicyclic) bond motifs is 1. The van der Waals surface area contributed by atoms with Crippen LogP contribution in [0.1, 0.15) is 37.5 Å². The molecule has 0 aliphatic rings. The number of carbonyl (C=O) groups excluding carboxylic acids is 1. The highest BCUT2D eigenvalue weighted by Gasteiger charge is 2.15. The third-order valence-electron chi connectivity index (χ3n) is 5.78. The molecule has 1 aromatic heterocycles. The minimum atomic E-state index is -1.08. The van der Waals surface area contributed by atoms with Crippen molar-refractivity contribution < 1.29 is 14.7 Å². The van der Waals surface area contributed by atoms with Crippen LogP contribution in [0.25, 0.3) is 10.8 Å². The van der Waals surface area contributed by atoms with E-state index in [0.29, 0.717) is 11.8 Å². The van der Waals surface area contributed by atoms with Gasteiger partial charge in [-0.05, 0) is 23.3 Å². The number of nitrogen functional groups attached to an aromatic ring is 1. The number of Topliss-reactive ketones (excluding diaryl/α,β-unsaturated/α-hetero) is 1. The maximum Gasteiger partial charge on any atom is 0.336 e. The number of nitrogens with zero attached hydrogens (tertiary/aromatic N) is 2. The van der Waals surface area contributed by atoms with Gasteiger partial charge in [0, 0.05) is 23.8 Å². The summed E-state index contributed by atoms with van der Waals surface area (Å²) in [6.45, 7) is 0. The largest absolute Gasteiger partial charge is 0.478 e. The van der Waals surface area contributed by atoms with Crippen LogP contribution in [0.5, 0.6) is 0 Å². The van der Waals surface area contributed by atoms with E-state index < -0.39 is 5.97 Å². The summed E-state index contributed by atoms with van der Waals surface area (Å²) >= 11 is 0. The Morgan fingerprint density at radius 2 is 1.22 bits per heavy atom. The van der Waals surface area contributed by atoms with Crippen molar-refractivity contribution in [1.29, 1.82) is 0 Å². The minimum Gasteiger partial charge on any atom is -0.478 e. The second-order valence-electron chi connectivity index (χ2n) is 8.34. The highest BCUT2D eigenvalue weighted by molar-refractivity contribution is 6.06. The molecule has 0 spiro atoms. The average Bonchev–Trinajstić information content (AvgIpc) is 2.93. The Balaban J connectivity index is 0.000000173. The van der Waals surface area contributed by atoms with E-state index in [4.69, 9.17) is 10.9 Å². The first-order valence-corrected chi connectivity index (χ1v) is 11.6. The van der Waals surface area contributed by atoms with E-state index in [-0.39, 0.29) is 28.9 Å². The summed E-state index contributed by atoms with van der Waals surface area (Å²) in [5.74, 6) is 4.38. The van der Waals surface area contributed by atoms with Gasteiger partial charge in [-0.3, -0.25) is 9.59 Å². The zero-order chi connectivity index (χ0) is 26.2. The number of carbonyl (C=O) groups is 2. The first kappa shape index (κ1) is 25.1. The number of carboxylic acids is 1. The van der Waals surface area contributed by atoms with Crippen molar-refractivity contribution in [2.75, 3.05) is 5.84 Å². The van der Waals surface area contributed by atoms with Crippen molar-refractivity contribution in [3.05, 3.63) is 147 Å². The van der Waals surface area contributed by atoms with Gasteiger partial charge in [0.1, 0.15) is 0 Å². The number of aromatic carboxylic acids is 1. The lowest BCUT2D eigenvalue weighted by molar-refractivity contribution is 0.0692. The third-order valence-corrected chi connectivity index (χ3v) is 5.78. The molecule has 184 valence electrons. The Labute approximate surface area is 213 Å². The van der Waals surface area contributed by atoms with Crippen LogP contribution in [0.2, 0.25) is 0 Å². The molecule has 0 unspecified atom stereocenters. The van der Waals surface area contributed by atoms with Crippen LogP contribution >= 0.6 is 0 Å². The fourth-order valence-corrected chi connectivity index (χ4v) is 3.98. The maximum atomic E-state index is 12.1. The first-order chi connectivity index (χ1) is 17.9. The summed E-state index contributed by atoms with van der Waals surface area (Å²) in [6, 6.07) is 33.0. The van der Waals surface area contributed by atoms with Gasteiger partial charge in [0.05, 0.1) is 16.6 Å². The highest BCUT2D eigenvalue weighted by Crippen LogP contribution is 2.16.